The summed E-state index contributed by atoms with van der Waals surface area (Å²) in [4.78, 5) is 0. The summed E-state index contributed by atoms with van der Waals surface area (Å²) in [6, 6.07) is 8.82. The zero-order valence-electron chi connectivity index (χ0n) is 13.1. The van der Waals surface area contributed by atoms with Gasteiger partial charge in [0.1, 0.15) is 18.0 Å². The van der Waals surface area contributed by atoms with Crippen molar-refractivity contribution in [3.8, 4) is 5.75 Å². The Balaban J connectivity index is 1.92. The quantitative estimate of drug-likeness (QED) is 0.829. The van der Waals surface area contributed by atoms with Crippen LogP contribution in [-0.2, 0) is 4.74 Å². The summed E-state index contributed by atoms with van der Waals surface area (Å²) in [7, 11) is 1.77. The highest BCUT2D eigenvalue weighted by molar-refractivity contribution is 5.30. The van der Waals surface area contributed by atoms with Crippen LogP contribution < -0.4 is 10.1 Å². The van der Waals surface area contributed by atoms with Gasteiger partial charge in [0.25, 0.3) is 0 Å². The molecule has 1 N–H and O–H groups in total. The molecule has 0 heterocycles. The van der Waals surface area contributed by atoms with Crippen molar-refractivity contribution in [2.45, 2.75) is 57.8 Å². The average molecular weight is 277 g/mol. The molecule has 1 saturated carbocycles. The van der Waals surface area contributed by atoms with Gasteiger partial charge in [-0.15, -0.1) is 0 Å². The fourth-order valence-corrected chi connectivity index (χ4v) is 2.66. The molecule has 1 aromatic rings. The van der Waals surface area contributed by atoms with Gasteiger partial charge in [-0.2, -0.15) is 0 Å². The van der Waals surface area contributed by atoms with Crippen LogP contribution in [0.4, 0.5) is 0 Å². The molecule has 20 heavy (non-hydrogen) atoms. The van der Waals surface area contributed by atoms with Gasteiger partial charge < -0.3 is 14.8 Å². The zero-order chi connectivity index (χ0) is 14.5. The predicted octanol–water partition coefficient (Wildman–Crippen LogP) is 3.34. The van der Waals surface area contributed by atoms with E-state index < -0.39 is 0 Å². The summed E-state index contributed by atoms with van der Waals surface area (Å²) in [6.07, 6.45) is 2.49. The first-order valence-corrected chi connectivity index (χ1v) is 7.68. The predicted molar refractivity (Wildman–Crippen MR) is 82.4 cm³/mol. The number of rotatable bonds is 7. The van der Waals surface area contributed by atoms with Gasteiger partial charge in [-0.1, -0.05) is 32.9 Å². The minimum atomic E-state index is 0.157. The Bertz CT molecular complexity index is 419. The molecule has 1 aliphatic rings. The van der Waals surface area contributed by atoms with E-state index >= 15 is 0 Å². The van der Waals surface area contributed by atoms with Crippen LogP contribution in [0.2, 0.25) is 0 Å². The Labute approximate surface area is 122 Å². The van der Waals surface area contributed by atoms with Gasteiger partial charge in [-0.05, 0) is 36.6 Å². The Kier molecular flexibility index (Phi) is 5.44. The average Bonchev–Trinajstić information content (AvgIpc) is 2.42. The minimum absolute atomic E-state index is 0.157. The van der Waals surface area contributed by atoms with Crippen molar-refractivity contribution >= 4 is 0 Å². The second kappa shape index (κ2) is 7.09. The van der Waals surface area contributed by atoms with E-state index in [-0.39, 0.29) is 12.2 Å². The summed E-state index contributed by atoms with van der Waals surface area (Å²) >= 11 is 0. The first-order valence-electron chi connectivity index (χ1n) is 7.68. The van der Waals surface area contributed by atoms with Crippen LogP contribution in [0, 0.1) is 0 Å². The number of hydrogen-bond acceptors (Lipinski definition) is 3. The molecule has 0 saturated heterocycles. The maximum Gasteiger partial charge on any atom is 0.128 e. The normalized spacial score (nSPS) is 25.6. The van der Waals surface area contributed by atoms with Crippen LogP contribution in [0.1, 0.15) is 45.1 Å². The highest BCUT2D eigenvalue weighted by Crippen LogP contribution is 2.30. The Morgan fingerprint density at radius 2 is 2.15 bits per heavy atom. The highest BCUT2D eigenvalue weighted by atomic mass is 16.5. The largest absolute Gasteiger partial charge is 0.488 e. The zero-order valence-corrected chi connectivity index (χ0v) is 13.1. The third-order valence-electron chi connectivity index (χ3n) is 3.99. The molecular weight excluding hydrogens is 250 g/mol. The van der Waals surface area contributed by atoms with E-state index in [4.69, 9.17) is 9.47 Å². The SMILES string of the molecule is CCCNC1CC(Oc2cccc(C(C)C)c2)C1OC. The monoisotopic (exact) mass is 277 g/mol. The lowest BCUT2D eigenvalue weighted by atomic mass is 9.85. The fourth-order valence-electron chi connectivity index (χ4n) is 2.66. The fraction of sp³-hybridized carbons (Fsp3) is 0.647. The summed E-state index contributed by atoms with van der Waals surface area (Å²) < 4.78 is 11.7. The third-order valence-corrected chi connectivity index (χ3v) is 3.99. The van der Waals surface area contributed by atoms with E-state index in [2.05, 4.69) is 44.3 Å². The third kappa shape index (κ3) is 3.53. The van der Waals surface area contributed by atoms with Crippen LogP contribution in [0.15, 0.2) is 24.3 Å². The van der Waals surface area contributed by atoms with Crippen LogP contribution in [-0.4, -0.2) is 31.9 Å². The van der Waals surface area contributed by atoms with Gasteiger partial charge in [0.2, 0.25) is 0 Å². The van der Waals surface area contributed by atoms with Crippen molar-refractivity contribution < 1.29 is 9.47 Å². The number of methoxy groups -OCH3 is 1. The number of hydrogen-bond donors (Lipinski definition) is 1. The molecule has 0 spiro atoms. The van der Waals surface area contributed by atoms with E-state index in [0.717, 1.165) is 25.1 Å². The molecule has 0 amide bonds. The van der Waals surface area contributed by atoms with Crippen molar-refractivity contribution in [2.75, 3.05) is 13.7 Å². The van der Waals surface area contributed by atoms with Crippen molar-refractivity contribution in [2.24, 2.45) is 0 Å². The van der Waals surface area contributed by atoms with Crippen molar-refractivity contribution in [1.82, 2.24) is 5.32 Å². The summed E-state index contributed by atoms with van der Waals surface area (Å²) in [5.74, 6) is 1.48. The molecule has 0 radical (unpaired) electrons. The molecule has 0 aliphatic heterocycles. The maximum atomic E-state index is 6.09. The molecule has 3 heteroatoms. The first kappa shape index (κ1) is 15.3. The molecule has 112 valence electrons. The number of ether oxygens (including phenoxy) is 2. The summed E-state index contributed by atoms with van der Waals surface area (Å²) in [6.45, 7) is 7.62. The van der Waals surface area contributed by atoms with Crippen molar-refractivity contribution in [3.05, 3.63) is 29.8 Å². The maximum absolute atomic E-state index is 6.09. The lowest BCUT2D eigenvalue weighted by molar-refractivity contribution is -0.0887. The van der Waals surface area contributed by atoms with E-state index in [0.29, 0.717) is 12.0 Å². The number of nitrogens with one attached hydrogen (secondary N) is 1. The van der Waals surface area contributed by atoms with Crippen molar-refractivity contribution in [3.63, 3.8) is 0 Å². The van der Waals surface area contributed by atoms with Gasteiger partial charge in [0.15, 0.2) is 0 Å². The second-order valence-corrected chi connectivity index (χ2v) is 5.88. The molecule has 2 rings (SSSR count). The van der Waals surface area contributed by atoms with Crippen LogP contribution in [0.3, 0.4) is 0 Å². The standard InChI is InChI=1S/C17H27NO2/c1-5-9-18-15-11-16(17(15)19-4)20-14-8-6-7-13(10-14)12(2)3/h6-8,10,12,15-18H,5,9,11H2,1-4H3. The Morgan fingerprint density at radius 3 is 2.80 bits per heavy atom. The van der Waals surface area contributed by atoms with Crippen LogP contribution in [0.25, 0.3) is 0 Å². The van der Waals surface area contributed by atoms with Crippen LogP contribution >= 0.6 is 0 Å². The Hall–Kier alpha value is -1.06. The molecule has 3 atom stereocenters. The van der Waals surface area contributed by atoms with E-state index in [9.17, 15) is 0 Å². The molecule has 1 fully saturated rings. The number of benzene rings is 1. The topological polar surface area (TPSA) is 30.5 Å². The lowest BCUT2D eigenvalue weighted by Gasteiger charge is -2.43. The molecule has 3 nitrogen and oxygen atoms in total. The summed E-state index contributed by atoms with van der Waals surface area (Å²) in [5.41, 5.74) is 1.32. The minimum Gasteiger partial charge on any atom is -0.488 e. The van der Waals surface area contributed by atoms with Gasteiger partial charge in [-0.25, -0.2) is 0 Å². The van der Waals surface area contributed by atoms with Crippen molar-refractivity contribution in [1.29, 1.82) is 0 Å². The highest BCUT2D eigenvalue weighted by Gasteiger charge is 2.42. The van der Waals surface area contributed by atoms with Gasteiger partial charge in [-0.3, -0.25) is 0 Å². The van der Waals surface area contributed by atoms with E-state index in [1.165, 1.54) is 5.56 Å². The van der Waals surface area contributed by atoms with Gasteiger partial charge >= 0.3 is 0 Å². The second-order valence-electron chi connectivity index (χ2n) is 5.88. The molecular formula is C17H27NO2. The smallest absolute Gasteiger partial charge is 0.128 e. The van der Waals surface area contributed by atoms with Crippen LogP contribution in [0.5, 0.6) is 5.75 Å². The molecule has 0 bridgehead atoms. The van der Waals surface area contributed by atoms with Gasteiger partial charge in [0, 0.05) is 19.6 Å². The molecule has 3 unspecified atom stereocenters. The van der Waals surface area contributed by atoms with E-state index in [1.807, 2.05) is 6.07 Å². The first-order chi connectivity index (χ1) is 9.65. The lowest BCUT2D eigenvalue weighted by Crippen LogP contribution is -2.61. The summed E-state index contributed by atoms with van der Waals surface area (Å²) in [5, 5.41) is 3.51. The van der Waals surface area contributed by atoms with E-state index in [1.54, 1.807) is 7.11 Å². The molecule has 1 aromatic carbocycles. The van der Waals surface area contributed by atoms with Gasteiger partial charge in [0.05, 0.1) is 0 Å². The Morgan fingerprint density at radius 1 is 1.35 bits per heavy atom. The molecule has 1 aliphatic carbocycles. The molecule has 0 aromatic heterocycles.